The number of para-hydroxylation sites is 1. The summed E-state index contributed by atoms with van der Waals surface area (Å²) in [5.74, 6) is 3.35. The molecule has 0 atom stereocenters. The van der Waals surface area contributed by atoms with Gasteiger partial charge in [0.1, 0.15) is 0 Å². The van der Waals surface area contributed by atoms with Gasteiger partial charge in [-0.05, 0) is 35.7 Å². The van der Waals surface area contributed by atoms with Gasteiger partial charge in [0.15, 0.2) is 23.0 Å². The van der Waals surface area contributed by atoms with E-state index < -0.39 is 0 Å². The van der Waals surface area contributed by atoms with Crippen molar-refractivity contribution >= 4 is 0 Å². The van der Waals surface area contributed by atoms with Gasteiger partial charge in [0, 0.05) is 12.0 Å². The summed E-state index contributed by atoms with van der Waals surface area (Å²) in [6.45, 7) is 2.75. The summed E-state index contributed by atoms with van der Waals surface area (Å²) in [7, 11) is 0. The third-order valence-corrected chi connectivity index (χ3v) is 3.93. The number of fused-ring (bicyclic) bond motifs is 2. The summed E-state index contributed by atoms with van der Waals surface area (Å²) < 4.78 is 22.0. The first-order valence-electron chi connectivity index (χ1n) is 7.14. The highest BCUT2D eigenvalue weighted by Crippen LogP contribution is 2.39. The second kappa shape index (κ2) is 4.88. The molecule has 21 heavy (non-hydrogen) atoms. The van der Waals surface area contributed by atoms with Crippen LogP contribution in [0.1, 0.15) is 23.6 Å². The maximum Gasteiger partial charge on any atom is 0.231 e. The molecule has 4 rings (SSSR count). The Hall–Kier alpha value is -2.36. The Labute approximate surface area is 123 Å². The molecule has 4 heteroatoms. The van der Waals surface area contributed by atoms with Crippen molar-refractivity contribution in [1.29, 1.82) is 0 Å². The molecule has 0 saturated heterocycles. The molecule has 0 N–H and O–H groups in total. The highest BCUT2D eigenvalue weighted by molar-refractivity contribution is 5.53. The van der Waals surface area contributed by atoms with Crippen molar-refractivity contribution in [3.63, 3.8) is 0 Å². The fraction of sp³-hybridized carbons (Fsp3) is 0.294. The molecule has 2 aromatic carbocycles. The highest BCUT2D eigenvalue weighted by Gasteiger charge is 2.20. The third kappa shape index (κ3) is 2.07. The van der Waals surface area contributed by atoms with E-state index in [-0.39, 0.29) is 0 Å². The van der Waals surface area contributed by atoms with E-state index in [1.54, 1.807) is 0 Å². The lowest BCUT2D eigenvalue weighted by atomic mass is 9.97. The zero-order valence-corrected chi connectivity index (χ0v) is 11.8. The Morgan fingerprint density at radius 1 is 0.810 bits per heavy atom. The predicted molar refractivity (Wildman–Crippen MR) is 77.3 cm³/mol. The Morgan fingerprint density at radius 3 is 2.33 bits per heavy atom. The largest absolute Gasteiger partial charge is 0.454 e. The van der Waals surface area contributed by atoms with Crippen LogP contribution in [0.4, 0.5) is 0 Å². The van der Waals surface area contributed by atoms with E-state index in [1.807, 2.05) is 12.1 Å². The van der Waals surface area contributed by atoms with Crippen molar-refractivity contribution in [2.75, 3.05) is 13.6 Å². The molecular weight excluding hydrogens is 268 g/mol. The molecule has 0 bridgehead atoms. The molecule has 2 aliphatic rings. The van der Waals surface area contributed by atoms with Gasteiger partial charge >= 0.3 is 0 Å². The summed E-state index contributed by atoms with van der Waals surface area (Å²) in [4.78, 5) is 0. The second-order valence-corrected chi connectivity index (χ2v) is 5.16. The van der Waals surface area contributed by atoms with Crippen LogP contribution in [0, 0.1) is 0 Å². The minimum absolute atomic E-state index is 0.300. The van der Waals surface area contributed by atoms with E-state index in [0.717, 1.165) is 41.4 Å². The molecule has 0 fully saturated rings. The second-order valence-electron chi connectivity index (χ2n) is 5.16. The monoisotopic (exact) mass is 284 g/mol. The SMILES string of the molecule is CCc1cc2c(cc1Cc1cccc3c1OCO3)OCO2. The molecule has 108 valence electrons. The van der Waals surface area contributed by atoms with Crippen LogP contribution in [0.3, 0.4) is 0 Å². The summed E-state index contributed by atoms with van der Waals surface area (Å²) in [5.41, 5.74) is 3.65. The fourth-order valence-corrected chi connectivity index (χ4v) is 2.85. The molecular formula is C17H16O4. The molecule has 0 aromatic heterocycles. The van der Waals surface area contributed by atoms with E-state index in [2.05, 4.69) is 25.1 Å². The van der Waals surface area contributed by atoms with E-state index in [9.17, 15) is 0 Å². The van der Waals surface area contributed by atoms with Crippen LogP contribution in [0.2, 0.25) is 0 Å². The minimum atomic E-state index is 0.300. The average Bonchev–Trinajstić information content (AvgIpc) is 3.15. The van der Waals surface area contributed by atoms with Crippen LogP contribution in [-0.4, -0.2) is 13.6 Å². The van der Waals surface area contributed by atoms with Crippen molar-refractivity contribution in [2.45, 2.75) is 19.8 Å². The van der Waals surface area contributed by atoms with Crippen LogP contribution in [0.15, 0.2) is 30.3 Å². The Balaban J connectivity index is 1.73. The Bertz CT molecular complexity index is 693. The summed E-state index contributed by atoms with van der Waals surface area (Å²) in [5, 5.41) is 0. The van der Waals surface area contributed by atoms with Gasteiger partial charge in [0.25, 0.3) is 0 Å². The lowest BCUT2D eigenvalue weighted by Crippen LogP contribution is -1.98. The van der Waals surface area contributed by atoms with Crippen molar-refractivity contribution in [3.8, 4) is 23.0 Å². The minimum Gasteiger partial charge on any atom is -0.454 e. The van der Waals surface area contributed by atoms with Gasteiger partial charge < -0.3 is 18.9 Å². The Morgan fingerprint density at radius 2 is 1.52 bits per heavy atom. The van der Waals surface area contributed by atoms with Crippen molar-refractivity contribution in [1.82, 2.24) is 0 Å². The Kier molecular flexibility index (Phi) is 2.88. The molecule has 0 unspecified atom stereocenters. The van der Waals surface area contributed by atoms with Crippen molar-refractivity contribution in [3.05, 3.63) is 47.0 Å². The zero-order valence-electron chi connectivity index (χ0n) is 11.8. The van der Waals surface area contributed by atoms with E-state index in [1.165, 1.54) is 11.1 Å². The fourth-order valence-electron chi connectivity index (χ4n) is 2.85. The van der Waals surface area contributed by atoms with E-state index in [0.29, 0.717) is 13.6 Å². The van der Waals surface area contributed by atoms with Crippen LogP contribution >= 0.6 is 0 Å². The predicted octanol–water partition coefficient (Wildman–Crippen LogP) is 3.30. The van der Waals surface area contributed by atoms with Crippen LogP contribution in [-0.2, 0) is 12.8 Å². The summed E-state index contributed by atoms with van der Waals surface area (Å²) in [6, 6.07) is 10.2. The molecule has 2 aromatic rings. The number of hydrogen-bond donors (Lipinski definition) is 0. The van der Waals surface area contributed by atoms with Gasteiger partial charge in [0.2, 0.25) is 13.6 Å². The van der Waals surface area contributed by atoms with Crippen LogP contribution in [0.25, 0.3) is 0 Å². The third-order valence-electron chi connectivity index (χ3n) is 3.93. The van der Waals surface area contributed by atoms with Crippen LogP contribution < -0.4 is 18.9 Å². The number of aryl methyl sites for hydroxylation is 1. The quantitative estimate of drug-likeness (QED) is 0.866. The summed E-state index contributed by atoms with van der Waals surface area (Å²) in [6.07, 6.45) is 1.75. The van der Waals surface area contributed by atoms with Gasteiger partial charge in [-0.15, -0.1) is 0 Å². The molecule has 0 spiro atoms. The maximum atomic E-state index is 5.59. The molecule has 2 aliphatic heterocycles. The van der Waals surface area contributed by atoms with E-state index >= 15 is 0 Å². The normalized spacial score (nSPS) is 14.5. The number of benzene rings is 2. The molecule has 4 nitrogen and oxygen atoms in total. The molecule has 0 amide bonds. The maximum absolute atomic E-state index is 5.59. The number of ether oxygens (including phenoxy) is 4. The number of rotatable bonds is 3. The summed E-state index contributed by atoms with van der Waals surface area (Å²) >= 11 is 0. The zero-order chi connectivity index (χ0) is 14.2. The molecule has 0 saturated carbocycles. The van der Waals surface area contributed by atoms with Crippen LogP contribution in [0.5, 0.6) is 23.0 Å². The highest BCUT2D eigenvalue weighted by atomic mass is 16.7. The number of hydrogen-bond acceptors (Lipinski definition) is 4. The van der Waals surface area contributed by atoms with Crippen molar-refractivity contribution < 1.29 is 18.9 Å². The lowest BCUT2D eigenvalue weighted by Gasteiger charge is -2.11. The van der Waals surface area contributed by atoms with E-state index in [4.69, 9.17) is 18.9 Å². The lowest BCUT2D eigenvalue weighted by molar-refractivity contribution is 0.173. The van der Waals surface area contributed by atoms with Gasteiger partial charge in [-0.3, -0.25) is 0 Å². The first kappa shape index (κ1) is 12.4. The molecule has 2 heterocycles. The van der Waals surface area contributed by atoms with Gasteiger partial charge in [-0.2, -0.15) is 0 Å². The van der Waals surface area contributed by atoms with Gasteiger partial charge in [0.05, 0.1) is 0 Å². The van der Waals surface area contributed by atoms with Gasteiger partial charge in [-0.25, -0.2) is 0 Å². The molecule has 0 radical (unpaired) electrons. The van der Waals surface area contributed by atoms with Gasteiger partial charge in [-0.1, -0.05) is 19.1 Å². The standard InChI is InChI=1S/C17H16O4/c1-2-11-7-15-16(20-9-19-15)8-13(11)6-12-4-3-5-14-17(12)21-10-18-14/h3-5,7-8H,2,6,9-10H2,1H3. The average molecular weight is 284 g/mol. The first-order valence-corrected chi connectivity index (χ1v) is 7.14. The topological polar surface area (TPSA) is 36.9 Å². The first-order chi connectivity index (χ1) is 10.3. The molecule has 0 aliphatic carbocycles. The van der Waals surface area contributed by atoms with Crippen molar-refractivity contribution in [2.24, 2.45) is 0 Å². The smallest absolute Gasteiger partial charge is 0.231 e.